The molecule has 1 rings (SSSR count). The van der Waals surface area contributed by atoms with E-state index in [0.717, 1.165) is 0 Å². The quantitative estimate of drug-likeness (QED) is 0.332. The van der Waals surface area contributed by atoms with Crippen LogP contribution in [0, 0.1) is 0 Å². The lowest BCUT2D eigenvalue weighted by Crippen LogP contribution is -2.27. The molecule has 1 aromatic carbocycles. The monoisotopic (exact) mass is 205 g/mol. The van der Waals surface area contributed by atoms with E-state index in [1.807, 2.05) is 0 Å². The first-order valence-electron chi connectivity index (χ1n) is 4.22. The zero-order valence-corrected chi connectivity index (χ0v) is 8.27. The third-order valence-corrected chi connectivity index (χ3v) is 1.77. The normalized spacial score (nSPS) is 10.9. The van der Waals surface area contributed by atoms with E-state index in [2.05, 4.69) is 22.2 Å². The first-order chi connectivity index (χ1) is 7.20. The van der Waals surface area contributed by atoms with Crippen LogP contribution in [0.25, 0.3) is 0 Å². The molecule has 0 bridgehead atoms. The Kier molecular flexibility index (Phi) is 3.56. The van der Waals surface area contributed by atoms with Crippen LogP contribution in [0.1, 0.15) is 10.4 Å². The summed E-state index contributed by atoms with van der Waals surface area (Å²) in [4.78, 5) is 15.5. The molecule has 5 heteroatoms. The van der Waals surface area contributed by atoms with E-state index >= 15 is 0 Å². The number of aromatic hydroxyl groups is 1. The van der Waals surface area contributed by atoms with Gasteiger partial charge in [0.25, 0.3) is 0 Å². The van der Waals surface area contributed by atoms with Crippen LogP contribution in [0.15, 0.2) is 34.4 Å². The van der Waals surface area contributed by atoms with Crippen molar-refractivity contribution in [3.05, 3.63) is 29.8 Å². The van der Waals surface area contributed by atoms with E-state index in [-0.39, 0.29) is 17.1 Å². The highest BCUT2D eigenvalue weighted by atomic mass is 16.3. The molecule has 2 N–H and O–H groups in total. The van der Waals surface area contributed by atoms with Crippen molar-refractivity contribution in [2.75, 3.05) is 7.05 Å². The number of carbonyl (C=O) groups excluding carboxylic acids is 1. The molecule has 0 fully saturated rings. The number of nitrogens with zero attached hydrogens (tertiary/aromatic N) is 2. The second kappa shape index (κ2) is 4.90. The van der Waals surface area contributed by atoms with E-state index in [1.54, 1.807) is 12.1 Å². The van der Waals surface area contributed by atoms with E-state index in [9.17, 15) is 9.90 Å². The van der Waals surface area contributed by atoms with Gasteiger partial charge in [-0.2, -0.15) is 5.10 Å². The number of phenols is 1. The van der Waals surface area contributed by atoms with Gasteiger partial charge in [0, 0.05) is 13.8 Å². The predicted octanol–water partition coefficient (Wildman–Crippen LogP) is 0.808. The largest absolute Gasteiger partial charge is 0.507 e. The summed E-state index contributed by atoms with van der Waals surface area (Å²) in [5, 5.41) is 12.8. The van der Waals surface area contributed by atoms with Crippen LogP contribution in [-0.4, -0.2) is 30.5 Å². The number of aliphatic imine (C=N–C) groups is 1. The molecular formula is C10H11N3O2. The van der Waals surface area contributed by atoms with Gasteiger partial charge in [-0.3, -0.25) is 15.2 Å². The Balaban J connectivity index is 3.04. The lowest BCUT2D eigenvalue weighted by molar-refractivity contribution is 0.106. The second-order valence-corrected chi connectivity index (χ2v) is 2.69. The maximum atomic E-state index is 11.7. The molecule has 0 radical (unpaired) electrons. The number of Topliss-reactive ketones (excluding diaryl/α,β-unsaturated/α-hetero) is 1. The van der Waals surface area contributed by atoms with Gasteiger partial charge in [-0.1, -0.05) is 12.1 Å². The first-order valence-corrected chi connectivity index (χ1v) is 4.22. The van der Waals surface area contributed by atoms with Crippen molar-refractivity contribution >= 4 is 18.3 Å². The summed E-state index contributed by atoms with van der Waals surface area (Å²) in [6.45, 7) is 3.19. The van der Waals surface area contributed by atoms with E-state index in [0.29, 0.717) is 0 Å². The van der Waals surface area contributed by atoms with Crippen molar-refractivity contribution in [1.29, 1.82) is 0 Å². The SMILES string of the molecule is C=NNC(=NC)C(=O)c1ccccc1O. The van der Waals surface area contributed by atoms with Gasteiger partial charge in [0.1, 0.15) is 5.75 Å². The molecular weight excluding hydrogens is 194 g/mol. The first kappa shape index (κ1) is 10.9. The Morgan fingerprint density at radius 1 is 1.47 bits per heavy atom. The molecule has 0 heterocycles. The number of phenolic OH excluding ortho intramolecular Hbond substituents is 1. The van der Waals surface area contributed by atoms with Gasteiger partial charge in [0.05, 0.1) is 5.56 Å². The number of carbonyl (C=O) groups is 1. The number of hydrogen-bond acceptors (Lipinski definition) is 4. The smallest absolute Gasteiger partial charge is 0.233 e. The highest BCUT2D eigenvalue weighted by Crippen LogP contribution is 2.16. The number of ketones is 1. The van der Waals surface area contributed by atoms with Gasteiger partial charge in [-0.05, 0) is 12.1 Å². The molecule has 0 aliphatic rings. The highest BCUT2D eigenvalue weighted by Gasteiger charge is 2.15. The van der Waals surface area contributed by atoms with Gasteiger partial charge in [0.15, 0.2) is 5.84 Å². The lowest BCUT2D eigenvalue weighted by Gasteiger charge is -2.04. The third kappa shape index (κ3) is 2.40. The number of benzene rings is 1. The average molecular weight is 205 g/mol. The summed E-state index contributed by atoms with van der Waals surface area (Å²) in [6, 6.07) is 6.23. The molecule has 0 unspecified atom stereocenters. The zero-order chi connectivity index (χ0) is 11.3. The summed E-state index contributed by atoms with van der Waals surface area (Å²) in [5.74, 6) is -0.482. The summed E-state index contributed by atoms with van der Waals surface area (Å²) in [5.41, 5.74) is 2.54. The van der Waals surface area contributed by atoms with Gasteiger partial charge >= 0.3 is 0 Å². The van der Waals surface area contributed by atoms with Crippen LogP contribution in [0.2, 0.25) is 0 Å². The van der Waals surface area contributed by atoms with Crippen LogP contribution < -0.4 is 5.43 Å². The van der Waals surface area contributed by atoms with E-state index in [4.69, 9.17) is 0 Å². The summed E-state index contributed by atoms with van der Waals surface area (Å²) < 4.78 is 0. The second-order valence-electron chi connectivity index (χ2n) is 2.69. The number of para-hydroxylation sites is 1. The minimum absolute atomic E-state index is 0.0338. The molecule has 0 spiro atoms. The Hall–Kier alpha value is -2.17. The predicted molar refractivity (Wildman–Crippen MR) is 58.5 cm³/mol. The zero-order valence-electron chi connectivity index (χ0n) is 8.27. The van der Waals surface area contributed by atoms with Crippen LogP contribution >= 0.6 is 0 Å². The molecule has 0 aliphatic carbocycles. The molecule has 0 saturated heterocycles. The molecule has 0 amide bonds. The number of nitrogens with one attached hydrogen (secondary N) is 1. The lowest BCUT2D eigenvalue weighted by atomic mass is 10.1. The van der Waals surface area contributed by atoms with Crippen LogP contribution in [0.3, 0.4) is 0 Å². The van der Waals surface area contributed by atoms with E-state index < -0.39 is 5.78 Å². The number of hydrogen-bond donors (Lipinski definition) is 2. The van der Waals surface area contributed by atoms with Crippen molar-refractivity contribution in [3.63, 3.8) is 0 Å². The summed E-state index contributed by atoms with van der Waals surface area (Å²) >= 11 is 0. The Bertz CT molecular complexity index is 413. The molecule has 0 saturated carbocycles. The highest BCUT2D eigenvalue weighted by molar-refractivity contribution is 6.45. The fraction of sp³-hybridized carbons (Fsp3) is 0.100. The maximum absolute atomic E-state index is 11.7. The van der Waals surface area contributed by atoms with Crippen molar-refractivity contribution in [3.8, 4) is 5.75 Å². The fourth-order valence-electron chi connectivity index (χ4n) is 1.07. The van der Waals surface area contributed by atoms with Crippen molar-refractivity contribution < 1.29 is 9.90 Å². The van der Waals surface area contributed by atoms with Crippen LogP contribution in [0.4, 0.5) is 0 Å². The van der Waals surface area contributed by atoms with Gasteiger partial charge in [-0.25, -0.2) is 0 Å². The number of rotatable bonds is 3. The Morgan fingerprint density at radius 2 is 2.13 bits per heavy atom. The molecule has 0 aromatic heterocycles. The molecule has 5 nitrogen and oxygen atoms in total. The minimum Gasteiger partial charge on any atom is -0.507 e. The number of amidine groups is 1. The molecule has 15 heavy (non-hydrogen) atoms. The van der Waals surface area contributed by atoms with Crippen molar-refractivity contribution in [2.45, 2.75) is 0 Å². The summed E-state index contributed by atoms with van der Waals surface area (Å²) in [7, 11) is 1.45. The average Bonchev–Trinajstić information content (AvgIpc) is 2.25. The fourth-order valence-corrected chi connectivity index (χ4v) is 1.07. The number of hydrazone groups is 1. The molecule has 1 aromatic rings. The summed E-state index contributed by atoms with van der Waals surface area (Å²) in [6.07, 6.45) is 0. The van der Waals surface area contributed by atoms with Crippen LogP contribution in [0.5, 0.6) is 5.75 Å². The van der Waals surface area contributed by atoms with Gasteiger partial charge in [0.2, 0.25) is 5.78 Å². The Morgan fingerprint density at radius 3 is 2.67 bits per heavy atom. The topological polar surface area (TPSA) is 74.0 Å². The van der Waals surface area contributed by atoms with Crippen LogP contribution in [-0.2, 0) is 0 Å². The third-order valence-electron chi connectivity index (χ3n) is 1.77. The molecule has 0 aliphatic heterocycles. The minimum atomic E-state index is -0.428. The van der Waals surface area contributed by atoms with Crippen molar-refractivity contribution in [2.24, 2.45) is 10.1 Å². The van der Waals surface area contributed by atoms with Gasteiger partial charge in [-0.15, -0.1) is 0 Å². The van der Waals surface area contributed by atoms with Gasteiger partial charge < -0.3 is 5.11 Å². The molecule has 0 atom stereocenters. The Labute approximate surface area is 87.2 Å². The van der Waals surface area contributed by atoms with E-state index in [1.165, 1.54) is 19.2 Å². The molecule has 78 valence electrons. The standard InChI is InChI=1S/C10H11N3O2/c1-11-10(13-12-2)9(15)7-5-3-4-6-8(7)14/h3-6,14H,2H2,1H3,(H,11,13). The maximum Gasteiger partial charge on any atom is 0.233 e. The van der Waals surface area contributed by atoms with Crippen molar-refractivity contribution in [1.82, 2.24) is 5.43 Å².